The summed E-state index contributed by atoms with van der Waals surface area (Å²) in [5, 5.41) is 9.35. The maximum absolute atomic E-state index is 12.7. The molecule has 1 aliphatic rings. The first-order valence-electron chi connectivity index (χ1n) is 11.1. The van der Waals surface area contributed by atoms with Crippen LogP contribution in [0.2, 0.25) is 0 Å². The molecule has 0 unspecified atom stereocenters. The molecule has 33 heavy (non-hydrogen) atoms. The molecule has 2 N–H and O–H groups in total. The van der Waals surface area contributed by atoms with E-state index in [-0.39, 0.29) is 12.5 Å². The first kappa shape index (κ1) is 24.5. The van der Waals surface area contributed by atoms with Crippen LogP contribution in [0.25, 0.3) is 5.70 Å². The highest BCUT2D eigenvalue weighted by Crippen LogP contribution is 2.35. The van der Waals surface area contributed by atoms with Crippen LogP contribution in [0.5, 0.6) is 0 Å². The van der Waals surface area contributed by atoms with Crippen LogP contribution in [-0.2, 0) is 6.42 Å². The van der Waals surface area contributed by atoms with Crippen molar-refractivity contribution >= 4 is 17.1 Å². The minimum absolute atomic E-state index is 0.210. The van der Waals surface area contributed by atoms with E-state index < -0.39 is 12.2 Å². The number of hydrogen-bond donors (Lipinski definition) is 2. The summed E-state index contributed by atoms with van der Waals surface area (Å²) in [5.41, 5.74) is 8.53. The monoisotopic (exact) mass is 458 g/mol. The van der Waals surface area contributed by atoms with Crippen molar-refractivity contribution < 1.29 is 13.2 Å². The molecule has 1 fully saturated rings. The normalized spacial score (nSPS) is 15.5. The zero-order chi connectivity index (χ0) is 24.0. The Morgan fingerprint density at radius 3 is 2.52 bits per heavy atom. The van der Waals surface area contributed by atoms with Gasteiger partial charge in [0, 0.05) is 11.7 Å². The lowest BCUT2D eigenvalue weighted by Gasteiger charge is -2.38. The van der Waals surface area contributed by atoms with Gasteiger partial charge in [-0.15, -0.1) is 0 Å². The van der Waals surface area contributed by atoms with E-state index in [0.717, 1.165) is 49.4 Å². The number of hydrazine groups is 1. The third-order valence-corrected chi connectivity index (χ3v) is 5.83. The molecule has 6 nitrogen and oxygen atoms in total. The van der Waals surface area contributed by atoms with Gasteiger partial charge in [0.2, 0.25) is 0 Å². The second kappa shape index (κ2) is 10.7. The van der Waals surface area contributed by atoms with E-state index in [1.165, 1.54) is 18.8 Å². The summed E-state index contributed by atoms with van der Waals surface area (Å²) in [7, 11) is 0. The van der Waals surface area contributed by atoms with Crippen LogP contribution < -0.4 is 15.8 Å². The van der Waals surface area contributed by atoms with Crippen LogP contribution in [0.3, 0.4) is 0 Å². The van der Waals surface area contributed by atoms with Crippen molar-refractivity contribution in [3.05, 3.63) is 54.1 Å². The number of aromatic nitrogens is 2. The van der Waals surface area contributed by atoms with E-state index >= 15 is 0 Å². The molecule has 0 aliphatic heterocycles. The largest absolute Gasteiger partial charge is 0.405 e. The van der Waals surface area contributed by atoms with Crippen molar-refractivity contribution in [2.24, 2.45) is 0 Å². The molecule has 1 saturated carbocycles. The highest BCUT2D eigenvalue weighted by molar-refractivity contribution is 5.78. The van der Waals surface area contributed by atoms with Gasteiger partial charge in [-0.3, -0.25) is 0 Å². The minimum atomic E-state index is -4.36. The number of hydrogen-bond acceptors (Lipinski definition) is 6. The summed E-state index contributed by atoms with van der Waals surface area (Å²) in [6.45, 7) is 7.28. The Morgan fingerprint density at radius 2 is 1.91 bits per heavy atom. The highest BCUT2D eigenvalue weighted by Gasteiger charge is 2.35. The minimum Gasteiger partial charge on any atom is -0.336 e. The van der Waals surface area contributed by atoms with Crippen LogP contribution in [-0.4, -0.2) is 28.2 Å². The number of halogens is 3. The molecule has 0 saturated heterocycles. The molecular formula is C24H29F3N6. The van der Waals surface area contributed by atoms with Gasteiger partial charge in [0.15, 0.2) is 5.82 Å². The fourth-order valence-corrected chi connectivity index (χ4v) is 4.00. The van der Waals surface area contributed by atoms with E-state index in [9.17, 15) is 18.4 Å². The maximum atomic E-state index is 12.7. The molecule has 1 aliphatic carbocycles. The standard InChI is InChI=1S/C24H29F3N6/c1-16-9-10-22(19(13-16)11-12-28)33(21-7-5-4-6-8-21)17(2)23-29-14-20(15-30-23)32-31-18(3)24(25,26)27/h9-10,13-15,18,21,31-32H,2,4-8,11H2,1,3H3/t18-/m0/s1. The number of rotatable bonds is 8. The number of aryl methyl sites for hydroxylation is 1. The van der Waals surface area contributed by atoms with E-state index in [1.807, 2.05) is 25.1 Å². The number of nitrogens with zero attached hydrogens (tertiary/aromatic N) is 4. The van der Waals surface area contributed by atoms with Gasteiger partial charge in [0.25, 0.3) is 0 Å². The quantitative estimate of drug-likeness (QED) is 0.507. The Morgan fingerprint density at radius 1 is 1.24 bits per heavy atom. The van der Waals surface area contributed by atoms with Gasteiger partial charge in [-0.05, 0) is 38.3 Å². The third-order valence-electron chi connectivity index (χ3n) is 5.83. The summed E-state index contributed by atoms with van der Waals surface area (Å²) in [4.78, 5) is 10.8. The number of anilines is 2. The summed E-state index contributed by atoms with van der Waals surface area (Å²) in [5.74, 6) is 0.387. The SMILES string of the molecule is C=C(c1ncc(NN[C@@H](C)C(F)(F)F)cn1)N(c1ccc(C)cc1CC#N)C1CCCCC1. The number of alkyl halides is 3. The van der Waals surface area contributed by atoms with Crippen molar-refractivity contribution in [3.63, 3.8) is 0 Å². The zero-order valence-corrected chi connectivity index (χ0v) is 18.9. The molecule has 1 atom stereocenters. The van der Waals surface area contributed by atoms with Crippen molar-refractivity contribution in [2.75, 3.05) is 10.3 Å². The first-order valence-corrected chi connectivity index (χ1v) is 11.1. The Bertz CT molecular complexity index is 991. The maximum Gasteiger partial charge on any atom is 0.405 e. The fourth-order valence-electron chi connectivity index (χ4n) is 4.00. The second-order valence-corrected chi connectivity index (χ2v) is 8.40. The Kier molecular flexibility index (Phi) is 7.92. The molecule has 1 heterocycles. The summed E-state index contributed by atoms with van der Waals surface area (Å²) >= 11 is 0. The topological polar surface area (TPSA) is 76.9 Å². The third kappa shape index (κ3) is 6.23. The molecule has 0 bridgehead atoms. The molecule has 2 aromatic rings. The first-order chi connectivity index (χ1) is 15.7. The number of benzene rings is 1. The fraction of sp³-hybridized carbons (Fsp3) is 0.458. The van der Waals surface area contributed by atoms with Gasteiger partial charge in [0.05, 0.1) is 36.3 Å². The molecule has 1 aromatic carbocycles. The van der Waals surface area contributed by atoms with E-state index in [2.05, 4.69) is 38.4 Å². The van der Waals surface area contributed by atoms with Crippen molar-refractivity contribution in [3.8, 4) is 6.07 Å². The van der Waals surface area contributed by atoms with Gasteiger partial charge >= 0.3 is 6.18 Å². The van der Waals surface area contributed by atoms with Crippen LogP contribution in [0.15, 0.2) is 37.2 Å². The van der Waals surface area contributed by atoms with Gasteiger partial charge in [0.1, 0.15) is 6.04 Å². The van der Waals surface area contributed by atoms with E-state index in [4.69, 9.17) is 0 Å². The Labute approximate surface area is 192 Å². The second-order valence-electron chi connectivity index (χ2n) is 8.40. The average Bonchev–Trinajstić information content (AvgIpc) is 2.79. The summed E-state index contributed by atoms with van der Waals surface area (Å²) < 4.78 is 38.1. The van der Waals surface area contributed by atoms with E-state index in [0.29, 0.717) is 17.2 Å². The van der Waals surface area contributed by atoms with Gasteiger partial charge in [-0.25, -0.2) is 15.4 Å². The average molecular weight is 459 g/mol. The highest BCUT2D eigenvalue weighted by atomic mass is 19.4. The predicted molar refractivity (Wildman–Crippen MR) is 123 cm³/mol. The molecule has 1 aromatic heterocycles. The van der Waals surface area contributed by atoms with Gasteiger partial charge in [-0.2, -0.15) is 18.4 Å². The Balaban J connectivity index is 1.86. The zero-order valence-electron chi connectivity index (χ0n) is 18.9. The van der Waals surface area contributed by atoms with E-state index in [1.54, 1.807) is 0 Å². The summed E-state index contributed by atoms with van der Waals surface area (Å²) in [6, 6.07) is 6.77. The molecule has 176 valence electrons. The molecule has 9 heteroatoms. The molecule has 0 spiro atoms. The lowest BCUT2D eigenvalue weighted by atomic mass is 9.92. The van der Waals surface area contributed by atoms with Crippen LogP contribution in [0.1, 0.15) is 56.0 Å². The summed E-state index contributed by atoms with van der Waals surface area (Å²) in [6.07, 6.45) is 4.17. The smallest absolute Gasteiger partial charge is 0.336 e. The van der Waals surface area contributed by atoms with Crippen LogP contribution in [0, 0.1) is 18.3 Å². The molecule has 3 rings (SSSR count). The lowest BCUT2D eigenvalue weighted by Crippen LogP contribution is -2.42. The van der Waals surface area contributed by atoms with Crippen LogP contribution >= 0.6 is 0 Å². The predicted octanol–water partition coefficient (Wildman–Crippen LogP) is 5.53. The van der Waals surface area contributed by atoms with Crippen molar-refractivity contribution in [2.45, 2.75) is 70.6 Å². The molecule has 0 amide bonds. The van der Waals surface area contributed by atoms with Crippen molar-refractivity contribution in [1.29, 1.82) is 5.26 Å². The lowest BCUT2D eigenvalue weighted by molar-refractivity contribution is -0.150. The van der Waals surface area contributed by atoms with Crippen molar-refractivity contribution in [1.82, 2.24) is 15.4 Å². The van der Waals surface area contributed by atoms with Gasteiger partial charge < -0.3 is 10.3 Å². The van der Waals surface area contributed by atoms with Crippen LogP contribution in [0.4, 0.5) is 24.5 Å². The number of nitriles is 1. The Hall–Kier alpha value is -3.12. The van der Waals surface area contributed by atoms with Gasteiger partial charge in [-0.1, -0.05) is 43.5 Å². The number of nitrogens with one attached hydrogen (secondary N) is 2. The molecular weight excluding hydrogens is 429 g/mol. The molecule has 0 radical (unpaired) electrons.